The number of halogens is 1. The van der Waals surface area contributed by atoms with Crippen molar-refractivity contribution in [3.8, 4) is 17.0 Å². The molecule has 0 spiro atoms. The van der Waals surface area contributed by atoms with Crippen LogP contribution in [0.1, 0.15) is 35.1 Å². The summed E-state index contributed by atoms with van der Waals surface area (Å²) in [7, 11) is 3.11. The van der Waals surface area contributed by atoms with Crippen LogP contribution in [0.3, 0.4) is 0 Å². The number of carbonyl (C=O) groups is 1. The van der Waals surface area contributed by atoms with E-state index in [1.165, 1.54) is 7.05 Å². The molecule has 150 valence electrons. The Bertz CT molecular complexity index is 1080. The van der Waals surface area contributed by atoms with Crippen molar-refractivity contribution in [1.82, 2.24) is 30.5 Å². The molecule has 0 saturated heterocycles. The van der Waals surface area contributed by atoms with Gasteiger partial charge in [-0.05, 0) is 31.9 Å². The molecule has 0 atom stereocenters. The fourth-order valence-electron chi connectivity index (χ4n) is 3.05. The van der Waals surface area contributed by atoms with Gasteiger partial charge in [0.1, 0.15) is 5.69 Å². The molecule has 1 fully saturated rings. The van der Waals surface area contributed by atoms with Crippen molar-refractivity contribution in [2.24, 2.45) is 0 Å². The largest absolute Gasteiger partial charge is 0.494 e. The average molecular weight is 414 g/mol. The lowest BCUT2D eigenvalue weighted by Crippen LogP contribution is -2.21. The van der Waals surface area contributed by atoms with Gasteiger partial charge < -0.3 is 15.4 Å². The van der Waals surface area contributed by atoms with Crippen molar-refractivity contribution in [2.75, 3.05) is 19.5 Å². The van der Waals surface area contributed by atoms with E-state index in [-0.39, 0.29) is 16.8 Å². The third-order valence-electron chi connectivity index (χ3n) is 4.62. The van der Waals surface area contributed by atoms with Gasteiger partial charge in [0.2, 0.25) is 0 Å². The molecule has 29 heavy (non-hydrogen) atoms. The maximum Gasteiger partial charge on any atom is 0.273 e. The molecular formula is C19H20ClN7O2. The number of nitrogens with one attached hydrogen (secondary N) is 2. The molecule has 0 radical (unpaired) electrons. The number of hydrogen-bond acceptors (Lipinski definition) is 7. The first-order valence-corrected chi connectivity index (χ1v) is 9.52. The van der Waals surface area contributed by atoms with Crippen LogP contribution in [-0.4, -0.2) is 45.3 Å². The minimum absolute atomic E-state index is 0.125. The number of anilines is 2. The molecular weight excluding hydrogens is 394 g/mol. The first-order valence-electron chi connectivity index (χ1n) is 9.15. The monoisotopic (exact) mass is 413 g/mol. The van der Waals surface area contributed by atoms with Gasteiger partial charge in [0, 0.05) is 18.7 Å². The molecule has 1 saturated carbocycles. The molecule has 0 bridgehead atoms. The summed E-state index contributed by atoms with van der Waals surface area (Å²) >= 11 is 5.99. The Morgan fingerprint density at radius 1 is 1.24 bits per heavy atom. The third kappa shape index (κ3) is 3.73. The maximum absolute atomic E-state index is 12.1. The Labute approximate surface area is 172 Å². The minimum atomic E-state index is -0.380. The lowest BCUT2D eigenvalue weighted by molar-refractivity contribution is 0.0958. The SMILES string of the molecule is CNC(=O)c1nnc(Cl)cc1Nc1cccc(-c2nn(C3CC3)nc2C)c1OC. The molecule has 0 unspecified atom stereocenters. The van der Waals surface area contributed by atoms with E-state index in [4.69, 9.17) is 16.3 Å². The molecule has 10 heteroatoms. The fraction of sp³-hybridized carbons (Fsp3) is 0.316. The summed E-state index contributed by atoms with van der Waals surface area (Å²) in [5.41, 5.74) is 3.57. The van der Waals surface area contributed by atoms with Crippen LogP contribution in [0.4, 0.5) is 11.4 Å². The second-order valence-corrected chi connectivity index (χ2v) is 7.09. The highest BCUT2D eigenvalue weighted by atomic mass is 35.5. The van der Waals surface area contributed by atoms with Crippen molar-refractivity contribution in [2.45, 2.75) is 25.8 Å². The number of ether oxygens (including phenoxy) is 1. The number of carbonyl (C=O) groups excluding carboxylic acids is 1. The summed E-state index contributed by atoms with van der Waals surface area (Å²) in [5.74, 6) is 0.198. The number of methoxy groups -OCH3 is 1. The molecule has 3 aromatic rings. The Hall–Kier alpha value is -3.20. The van der Waals surface area contributed by atoms with E-state index in [9.17, 15) is 4.79 Å². The summed E-state index contributed by atoms with van der Waals surface area (Å²) in [4.78, 5) is 13.9. The van der Waals surface area contributed by atoms with E-state index in [2.05, 4.69) is 31.0 Å². The molecule has 0 aliphatic heterocycles. The standard InChI is InChI=1S/C19H20ClN7O2/c1-10-16(26-27(25-10)11-7-8-11)12-5-4-6-13(18(12)29-3)22-14-9-15(20)23-24-17(14)19(28)21-2/h4-6,9,11H,7-8H2,1-3H3,(H,21,28)(H,22,23). The predicted molar refractivity (Wildman–Crippen MR) is 109 cm³/mol. The minimum Gasteiger partial charge on any atom is -0.494 e. The Balaban J connectivity index is 1.76. The quantitative estimate of drug-likeness (QED) is 0.639. The lowest BCUT2D eigenvalue weighted by atomic mass is 10.1. The zero-order chi connectivity index (χ0) is 20.5. The smallest absolute Gasteiger partial charge is 0.273 e. The van der Waals surface area contributed by atoms with Crippen molar-refractivity contribution in [1.29, 1.82) is 0 Å². The Morgan fingerprint density at radius 2 is 2.03 bits per heavy atom. The van der Waals surface area contributed by atoms with Crippen LogP contribution in [0.5, 0.6) is 5.75 Å². The van der Waals surface area contributed by atoms with E-state index >= 15 is 0 Å². The van der Waals surface area contributed by atoms with Crippen molar-refractivity contribution >= 4 is 28.9 Å². The highest BCUT2D eigenvalue weighted by molar-refractivity contribution is 6.29. The van der Waals surface area contributed by atoms with Crippen LogP contribution in [0.15, 0.2) is 24.3 Å². The van der Waals surface area contributed by atoms with Gasteiger partial charge in [-0.1, -0.05) is 17.7 Å². The summed E-state index contributed by atoms with van der Waals surface area (Å²) in [6.07, 6.45) is 2.20. The van der Waals surface area contributed by atoms with Crippen LogP contribution < -0.4 is 15.4 Å². The summed E-state index contributed by atoms with van der Waals surface area (Å²) in [5, 5.41) is 22.8. The molecule has 2 N–H and O–H groups in total. The number of nitrogens with zero attached hydrogens (tertiary/aromatic N) is 5. The zero-order valence-electron chi connectivity index (χ0n) is 16.2. The van der Waals surface area contributed by atoms with Crippen molar-refractivity contribution < 1.29 is 9.53 Å². The lowest BCUT2D eigenvalue weighted by Gasteiger charge is -2.15. The Kier molecular flexibility index (Phi) is 5.06. The molecule has 1 amide bonds. The normalized spacial score (nSPS) is 13.2. The number of rotatable bonds is 6. The summed E-state index contributed by atoms with van der Waals surface area (Å²) in [6, 6.07) is 7.57. The molecule has 4 rings (SSSR count). The number of amides is 1. The van der Waals surface area contributed by atoms with Gasteiger partial charge in [0.25, 0.3) is 5.91 Å². The topological polar surface area (TPSA) is 107 Å². The first kappa shape index (κ1) is 19.1. The number of para-hydroxylation sites is 1. The Morgan fingerprint density at radius 3 is 2.72 bits per heavy atom. The van der Waals surface area contributed by atoms with Gasteiger partial charge in [-0.2, -0.15) is 15.0 Å². The van der Waals surface area contributed by atoms with Crippen LogP contribution >= 0.6 is 11.6 Å². The third-order valence-corrected chi connectivity index (χ3v) is 4.81. The fourth-order valence-corrected chi connectivity index (χ4v) is 3.20. The van der Waals surface area contributed by atoms with Crippen LogP contribution in [0, 0.1) is 6.92 Å². The average Bonchev–Trinajstić information content (AvgIpc) is 3.49. The molecule has 9 nitrogen and oxygen atoms in total. The zero-order valence-corrected chi connectivity index (χ0v) is 17.0. The number of benzene rings is 1. The van der Waals surface area contributed by atoms with E-state index in [1.807, 2.05) is 25.1 Å². The van der Waals surface area contributed by atoms with E-state index < -0.39 is 0 Å². The van der Waals surface area contributed by atoms with Crippen LogP contribution in [0.25, 0.3) is 11.3 Å². The molecule has 2 aromatic heterocycles. The second-order valence-electron chi connectivity index (χ2n) is 6.71. The van der Waals surface area contributed by atoms with Crippen LogP contribution in [0.2, 0.25) is 5.15 Å². The van der Waals surface area contributed by atoms with Gasteiger partial charge in [0.05, 0.1) is 30.2 Å². The number of aryl methyl sites for hydroxylation is 1. The summed E-state index contributed by atoms with van der Waals surface area (Å²) in [6.45, 7) is 1.93. The van der Waals surface area contributed by atoms with Gasteiger partial charge in [0.15, 0.2) is 16.6 Å². The van der Waals surface area contributed by atoms with E-state index in [0.717, 1.165) is 29.8 Å². The summed E-state index contributed by atoms with van der Waals surface area (Å²) < 4.78 is 5.69. The highest BCUT2D eigenvalue weighted by Gasteiger charge is 2.28. The van der Waals surface area contributed by atoms with E-state index in [1.54, 1.807) is 18.0 Å². The van der Waals surface area contributed by atoms with Gasteiger partial charge in [-0.25, -0.2) is 0 Å². The van der Waals surface area contributed by atoms with Crippen molar-refractivity contribution in [3.05, 3.63) is 40.8 Å². The van der Waals surface area contributed by atoms with Gasteiger partial charge >= 0.3 is 0 Å². The van der Waals surface area contributed by atoms with Crippen molar-refractivity contribution in [3.63, 3.8) is 0 Å². The maximum atomic E-state index is 12.1. The van der Waals surface area contributed by atoms with Crippen LogP contribution in [-0.2, 0) is 0 Å². The second kappa shape index (κ2) is 7.67. The van der Waals surface area contributed by atoms with E-state index in [0.29, 0.717) is 23.2 Å². The highest BCUT2D eigenvalue weighted by Crippen LogP contribution is 2.40. The molecule has 1 aliphatic carbocycles. The molecule has 2 heterocycles. The number of hydrogen-bond donors (Lipinski definition) is 2. The molecule has 1 aliphatic rings. The predicted octanol–water partition coefficient (Wildman–Crippen LogP) is 3.14. The number of aromatic nitrogens is 5. The first-order chi connectivity index (χ1) is 14.0. The molecule has 1 aromatic carbocycles. The van der Waals surface area contributed by atoms with Gasteiger partial charge in [-0.3, -0.25) is 4.79 Å². The van der Waals surface area contributed by atoms with Gasteiger partial charge in [-0.15, -0.1) is 10.2 Å².